The Bertz CT molecular complexity index is 302. The molecule has 0 fully saturated rings. The topological polar surface area (TPSA) is 9.23 Å². The van der Waals surface area contributed by atoms with Crippen molar-refractivity contribution in [2.24, 2.45) is 0 Å². The van der Waals surface area contributed by atoms with Crippen LogP contribution >= 0.6 is 11.8 Å². The van der Waals surface area contributed by atoms with Gasteiger partial charge in [0.1, 0.15) is 0 Å². The van der Waals surface area contributed by atoms with E-state index in [0.29, 0.717) is 11.5 Å². The largest absolute Gasteiger partial charge is 0.491 e. The summed E-state index contributed by atoms with van der Waals surface area (Å²) in [4.78, 5) is 0.293. The molecule has 0 N–H and O–H groups in total. The molecule has 0 heterocycles. The third-order valence-corrected chi connectivity index (χ3v) is 2.29. The minimum absolute atomic E-state index is 0.0298. The highest BCUT2D eigenvalue weighted by atomic mass is 32.2. The zero-order chi connectivity index (χ0) is 9.84. The quantitative estimate of drug-likeness (QED) is 0.700. The molecule has 0 saturated heterocycles. The van der Waals surface area contributed by atoms with E-state index in [0.717, 1.165) is 0 Å². The molecule has 0 saturated carbocycles. The van der Waals surface area contributed by atoms with Gasteiger partial charge in [-0.15, -0.1) is 11.8 Å². The number of hydrogen-bond donors (Lipinski definition) is 0. The van der Waals surface area contributed by atoms with Crippen LogP contribution in [0.3, 0.4) is 0 Å². The Kier molecular flexibility index (Phi) is 3.54. The van der Waals surface area contributed by atoms with Gasteiger partial charge in [0.05, 0.1) is 6.61 Å². The van der Waals surface area contributed by atoms with Gasteiger partial charge in [-0.1, -0.05) is 0 Å². The second-order valence-electron chi connectivity index (χ2n) is 2.33. The van der Waals surface area contributed by atoms with Gasteiger partial charge in [0, 0.05) is 4.90 Å². The van der Waals surface area contributed by atoms with E-state index in [2.05, 4.69) is 0 Å². The van der Waals surface area contributed by atoms with Crippen LogP contribution < -0.4 is 4.74 Å². The van der Waals surface area contributed by atoms with E-state index in [1.165, 1.54) is 23.9 Å². The number of hydrogen-bond acceptors (Lipinski definition) is 2. The Labute approximate surface area is 80.1 Å². The smallest absolute Gasteiger partial charge is 0.201 e. The summed E-state index contributed by atoms with van der Waals surface area (Å²) >= 11 is 1.17. The van der Waals surface area contributed by atoms with Crippen molar-refractivity contribution in [2.45, 2.75) is 11.8 Å². The fourth-order valence-electron chi connectivity index (χ4n) is 0.939. The Morgan fingerprint density at radius 2 is 2.00 bits per heavy atom. The molecule has 1 rings (SSSR count). The molecule has 0 aliphatic heterocycles. The molecule has 0 atom stereocenters. The normalized spacial score (nSPS) is 10.2. The van der Waals surface area contributed by atoms with Crippen molar-refractivity contribution in [1.29, 1.82) is 0 Å². The van der Waals surface area contributed by atoms with E-state index in [1.54, 1.807) is 13.2 Å². The summed E-state index contributed by atoms with van der Waals surface area (Å²) < 4.78 is 31.1. The molecular formula is C9H10F2OS. The monoisotopic (exact) mass is 204 g/mol. The molecule has 13 heavy (non-hydrogen) atoms. The van der Waals surface area contributed by atoms with Crippen LogP contribution in [-0.2, 0) is 0 Å². The number of halogens is 2. The van der Waals surface area contributed by atoms with Gasteiger partial charge in [0.25, 0.3) is 0 Å². The molecular weight excluding hydrogens is 194 g/mol. The molecule has 0 spiro atoms. The molecule has 0 bridgehead atoms. The average Bonchev–Trinajstić information content (AvgIpc) is 2.14. The number of rotatable bonds is 3. The zero-order valence-corrected chi connectivity index (χ0v) is 8.25. The molecule has 1 nitrogen and oxygen atoms in total. The second-order valence-corrected chi connectivity index (χ2v) is 3.18. The first-order chi connectivity index (χ1) is 6.20. The molecule has 1 aromatic carbocycles. The summed E-state index contributed by atoms with van der Waals surface area (Å²) in [6.07, 6.45) is 1.69. The maximum atomic E-state index is 13.1. The van der Waals surface area contributed by atoms with Gasteiger partial charge in [-0.25, -0.2) is 4.39 Å². The third-order valence-electron chi connectivity index (χ3n) is 1.53. The summed E-state index contributed by atoms with van der Waals surface area (Å²) in [6, 6.07) is 2.95. The highest BCUT2D eigenvalue weighted by Crippen LogP contribution is 2.27. The predicted octanol–water partition coefficient (Wildman–Crippen LogP) is 3.09. The van der Waals surface area contributed by atoms with E-state index in [1.807, 2.05) is 0 Å². The van der Waals surface area contributed by atoms with E-state index >= 15 is 0 Å². The van der Waals surface area contributed by atoms with Gasteiger partial charge in [-0.05, 0) is 25.3 Å². The van der Waals surface area contributed by atoms with Gasteiger partial charge in [0.2, 0.25) is 5.82 Å². The third kappa shape index (κ3) is 2.12. The van der Waals surface area contributed by atoms with E-state index in [-0.39, 0.29) is 5.75 Å². The lowest BCUT2D eigenvalue weighted by atomic mass is 10.3. The summed E-state index contributed by atoms with van der Waals surface area (Å²) in [5.41, 5.74) is 0. The molecule has 4 heteroatoms. The second kappa shape index (κ2) is 4.46. The first-order valence-corrected chi connectivity index (χ1v) is 5.08. The first kappa shape index (κ1) is 10.3. The Morgan fingerprint density at radius 1 is 1.31 bits per heavy atom. The van der Waals surface area contributed by atoms with Gasteiger partial charge >= 0.3 is 0 Å². The molecule has 0 aromatic heterocycles. The van der Waals surface area contributed by atoms with Crippen LogP contribution in [0.15, 0.2) is 17.0 Å². The highest BCUT2D eigenvalue weighted by Gasteiger charge is 2.12. The molecule has 0 amide bonds. The maximum Gasteiger partial charge on any atom is 0.201 e. The van der Waals surface area contributed by atoms with Crippen LogP contribution in [0.5, 0.6) is 5.75 Å². The van der Waals surface area contributed by atoms with Crippen LogP contribution in [0.1, 0.15) is 6.92 Å². The molecule has 1 aromatic rings. The average molecular weight is 204 g/mol. The standard InChI is InChI=1S/C9H10F2OS/c1-3-12-6-4-5-7(13-2)9(11)8(6)10/h4-5H,3H2,1-2H3. The van der Waals surface area contributed by atoms with Gasteiger partial charge in [0.15, 0.2) is 11.6 Å². The van der Waals surface area contributed by atoms with Crippen molar-refractivity contribution in [2.75, 3.05) is 12.9 Å². The van der Waals surface area contributed by atoms with Crippen LogP contribution in [-0.4, -0.2) is 12.9 Å². The molecule has 0 unspecified atom stereocenters. The van der Waals surface area contributed by atoms with Crippen molar-refractivity contribution in [3.8, 4) is 5.75 Å². The minimum atomic E-state index is -0.909. The van der Waals surface area contributed by atoms with Crippen molar-refractivity contribution in [3.05, 3.63) is 23.8 Å². The Balaban J connectivity index is 3.07. The van der Waals surface area contributed by atoms with E-state index in [4.69, 9.17) is 4.74 Å². The maximum absolute atomic E-state index is 13.1. The molecule has 0 aliphatic rings. The summed E-state index contributed by atoms with van der Waals surface area (Å²) in [5.74, 6) is -1.77. The summed E-state index contributed by atoms with van der Waals surface area (Å²) in [5, 5.41) is 0. The lowest BCUT2D eigenvalue weighted by Crippen LogP contribution is -1.97. The minimum Gasteiger partial charge on any atom is -0.491 e. The number of benzene rings is 1. The summed E-state index contributed by atoms with van der Waals surface area (Å²) in [7, 11) is 0. The number of ether oxygens (including phenoxy) is 1. The molecule has 72 valence electrons. The van der Waals surface area contributed by atoms with Crippen LogP contribution in [0, 0.1) is 11.6 Å². The zero-order valence-electron chi connectivity index (χ0n) is 7.43. The van der Waals surface area contributed by atoms with Crippen LogP contribution in [0.4, 0.5) is 8.78 Å². The highest BCUT2D eigenvalue weighted by molar-refractivity contribution is 7.98. The van der Waals surface area contributed by atoms with Crippen molar-refractivity contribution in [1.82, 2.24) is 0 Å². The van der Waals surface area contributed by atoms with Crippen LogP contribution in [0.25, 0.3) is 0 Å². The lowest BCUT2D eigenvalue weighted by molar-refractivity contribution is 0.312. The van der Waals surface area contributed by atoms with Gasteiger partial charge in [-0.2, -0.15) is 4.39 Å². The van der Waals surface area contributed by atoms with Gasteiger partial charge < -0.3 is 4.74 Å². The van der Waals surface area contributed by atoms with E-state index < -0.39 is 11.6 Å². The van der Waals surface area contributed by atoms with Crippen LogP contribution in [0.2, 0.25) is 0 Å². The SMILES string of the molecule is CCOc1ccc(SC)c(F)c1F. The fourth-order valence-corrected chi connectivity index (χ4v) is 1.41. The predicted molar refractivity (Wildman–Crippen MR) is 49.3 cm³/mol. The fraction of sp³-hybridized carbons (Fsp3) is 0.333. The number of thioether (sulfide) groups is 1. The van der Waals surface area contributed by atoms with E-state index in [9.17, 15) is 8.78 Å². The molecule has 0 radical (unpaired) electrons. The Morgan fingerprint density at radius 3 is 2.54 bits per heavy atom. The first-order valence-electron chi connectivity index (χ1n) is 3.85. The Hall–Kier alpha value is -0.770. The van der Waals surface area contributed by atoms with Gasteiger partial charge in [-0.3, -0.25) is 0 Å². The molecule has 0 aliphatic carbocycles. The van der Waals surface area contributed by atoms with Crippen molar-refractivity contribution >= 4 is 11.8 Å². The van der Waals surface area contributed by atoms with Crippen molar-refractivity contribution in [3.63, 3.8) is 0 Å². The summed E-state index contributed by atoms with van der Waals surface area (Å²) in [6.45, 7) is 2.05. The van der Waals surface area contributed by atoms with Crippen molar-refractivity contribution < 1.29 is 13.5 Å². The lowest BCUT2D eigenvalue weighted by Gasteiger charge is -2.06.